The van der Waals surface area contributed by atoms with Crippen LogP contribution in [0.15, 0.2) is 12.1 Å². The summed E-state index contributed by atoms with van der Waals surface area (Å²) < 4.78 is 18.6. The molecule has 0 aliphatic carbocycles. The molecule has 0 bridgehead atoms. The molecule has 1 aromatic carbocycles. The summed E-state index contributed by atoms with van der Waals surface area (Å²) in [6, 6.07) is 2.67. The van der Waals surface area contributed by atoms with E-state index in [4.69, 9.17) is 4.74 Å². The molecule has 0 atom stereocenters. The molecule has 1 amide bonds. The Balaban J connectivity index is 2.20. The molecule has 0 radical (unpaired) electrons. The van der Waals surface area contributed by atoms with Gasteiger partial charge in [-0.2, -0.15) is 0 Å². The first kappa shape index (κ1) is 12.6. The van der Waals surface area contributed by atoms with Gasteiger partial charge in [0.25, 0.3) is 5.19 Å². The summed E-state index contributed by atoms with van der Waals surface area (Å²) in [5.41, 5.74) is 0.341. The Morgan fingerprint density at radius 2 is 2.39 bits per heavy atom. The predicted molar refractivity (Wildman–Crippen MR) is 65.6 cm³/mol. The summed E-state index contributed by atoms with van der Waals surface area (Å²) in [4.78, 5) is 15.2. The van der Waals surface area contributed by atoms with Crippen LogP contribution in [0.3, 0.4) is 0 Å². The number of benzene rings is 1. The Bertz CT molecular complexity index is 585. The molecule has 2 aromatic rings. The number of rotatable bonds is 3. The number of halogens is 1. The standard InChI is InChI=1S/C11H11FN2O3S/c1-2-5-13-10(16)17-11-14-6-3-4-7(15)8(12)9(6)18-11/h3-4,15H,2,5H2,1H3,(H,13,16). The van der Waals surface area contributed by atoms with Crippen LogP contribution < -0.4 is 10.1 Å². The van der Waals surface area contributed by atoms with E-state index in [0.29, 0.717) is 12.1 Å². The van der Waals surface area contributed by atoms with Gasteiger partial charge in [-0.3, -0.25) is 0 Å². The number of phenols is 1. The summed E-state index contributed by atoms with van der Waals surface area (Å²) in [7, 11) is 0. The highest BCUT2D eigenvalue weighted by atomic mass is 32.1. The van der Waals surface area contributed by atoms with Crippen molar-refractivity contribution in [3.05, 3.63) is 17.9 Å². The molecule has 7 heteroatoms. The summed E-state index contributed by atoms with van der Waals surface area (Å²) in [6.07, 6.45) is 0.165. The monoisotopic (exact) mass is 270 g/mol. The molecule has 5 nitrogen and oxygen atoms in total. The van der Waals surface area contributed by atoms with E-state index in [-0.39, 0.29) is 9.89 Å². The lowest BCUT2D eigenvalue weighted by Crippen LogP contribution is -2.27. The van der Waals surface area contributed by atoms with E-state index < -0.39 is 17.7 Å². The highest BCUT2D eigenvalue weighted by Gasteiger charge is 2.14. The minimum Gasteiger partial charge on any atom is -0.505 e. The lowest BCUT2D eigenvalue weighted by Gasteiger charge is -2.00. The van der Waals surface area contributed by atoms with Crippen molar-refractivity contribution in [3.63, 3.8) is 0 Å². The van der Waals surface area contributed by atoms with Crippen molar-refractivity contribution < 1.29 is 19.0 Å². The normalized spacial score (nSPS) is 10.6. The van der Waals surface area contributed by atoms with Gasteiger partial charge in [-0.25, -0.2) is 14.2 Å². The number of carbonyl (C=O) groups is 1. The van der Waals surface area contributed by atoms with Gasteiger partial charge in [0.1, 0.15) is 0 Å². The maximum absolute atomic E-state index is 13.5. The van der Waals surface area contributed by atoms with Crippen LogP contribution in [0.2, 0.25) is 0 Å². The van der Waals surface area contributed by atoms with E-state index in [9.17, 15) is 14.3 Å². The first-order valence-corrected chi connectivity index (χ1v) is 6.17. The SMILES string of the molecule is CCCNC(=O)Oc1nc2ccc(O)c(F)c2s1. The molecule has 0 saturated carbocycles. The number of nitrogens with one attached hydrogen (secondary N) is 1. The third-order valence-electron chi connectivity index (χ3n) is 2.16. The predicted octanol–water partition coefficient (Wildman–Crippen LogP) is 2.64. The average Bonchev–Trinajstić information content (AvgIpc) is 2.75. The molecule has 96 valence electrons. The second-order valence-electron chi connectivity index (χ2n) is 3.54. The highest BCUT2D eigenvalue weighted by Crippen LogP contribution is 2.33. The largest absolute Gasteiger partial charge is 0.505 e. The van der Waals surface area contributed by atoms with Gasteiger partial charge >= 0.3 is 6.09 Å². The first-order valence-electron chi connectivity index (χ1n) is 5.35. The number of aromatic nitrogens is 1. The molecule has 0 aliphatic rings. The minimum atomic E-state index is -0.756. The van der Waals surface area contributed by atoms with Crippen LogP contribution in [-0.2, 0) is 0 Å². The molecule has 1 aromatic heterocycles. The van der Waals surface area contributed by atoms with Crippen LogP contribution in [0.5, 0.6) is 10.9 Å². The Morgan fingerprint density at radius 1 is 1.61 bits per heavy atom. The summed E-state index contributed by atoms with van der Waals surface area (Å²) in [6.45, 7) is 2.41. The Hall–Kier alpha value is -1.89. The summed E-state index contributed by atoms with van der Waals surface area (Å²) >= 11 is 0.871. The maximum Gasteiger partial charge on any atom is 0.414 e. The number of nitrogens with zero attached hydrogens (tertiary/aromatic N) is 1. The quantitative estimate of drug-likeness (QED) is 0.899. The fourth-order valence-electron chi connectivity index (χ4n) is 1.32. The number of phenolic OH excluding ortho intramolecular Hbond substituents is 1. The van der Waals surface area contributed by atoms with Gasteiger partial charge in [-0.05, 0) is 18.6 Å². The van der Waals surface area contributed by atoms with Crippen molar-refractivity contribution in [1.82, 2.24) is 10.3 Å². The lowest BCUT2D eigenvalue weighted by atomic mass is 10.3. The molecule has 0 unspecified atom stereocenters. The van der Waals surface area contributed by atoms with Crippen molar-refractivity contribution in [2.75, 3.05) is 6.54 Å². The molecule has 0 aliphatic heterocycles. The van der Waals surface area contributed by atoms with Crippen LogP contribution in [0.25, 0.3) is 10.2 Å². The number of thiazole rings is 1. The number of fused-ring (bicyclic) bond motifs is 1. The third kappa shape index (κ3) is 2.51. The van der Waals surface area contributed by atoms with E-state index in [0.717, 1.165) is 17.8 Å². The van der Waals surface area contributed by atoms with E-state index in [1.165, 1.54) is 12.1 Å². The molecule has 0 saturated heterocycles. The number of ether oxygens (including phenoxy) is 1. The number of hydrogen-bond donors (Lipinski definition) is 2. The second-order valence-corrected chi connectivity index (χ2v) is 4.50. The molecular formula is C11H11FN2O3S. The van der Waals surface area contributed by atoms with Crippen molar-refractivity contribution in [2.24, 2.45) is 0 Å². The van der Waals surface area contributed by atoms with Gasteiger partial charge in [0.15, 0.2) is 11.6 Å². The molecule has 0 fully saturated rings. The lowest BCUT2D eigenvalue weighted by molar-refractivity contribution is 0.200. The van der Waals surface area contributed by atoms with Crippen molar-refractivity contribution in [1.29, 1.82) is 0 Å². The van der Waals surface area contributed by atoms with Gasteiger partial charge in [0.05, 0.1) is 10.2 Å². The van der Waals surface area contributed by atoms with Crippen molar-refractivity contribution in [3.8, 4) is 10.9 Å². The van der Waals surface area contributed by atoms with Gasteiger partial charge in [0.2, 0.25) is 0 Å². The topological polar surface area (TPSA) is 71.5 Å². The number of aromatic hydroxyl groups is 1. The molecule has 2 rings (SSSR count). The van der Waals surface area contributed by atoms with E-state index >= 15 is 0 Å². The van der Waals surface area contributed by atoms with Gasteiger partial charge in [-0.1, -0.05) is 18.3 Å². The number of carbonyl (C=O) groups excluding carboxylic acids is 1. The maximum atomic E-state index is 13.5. The molecule has 1 heterocycles. The van der Waals surface area contributed by atoms with E-state index in [1.54, 1.807) is 0 Å². The van der Waals surface area contributed by atoms with Crippen LogP contribution in [0.4, 0.5) is 9.18 Å². The fourth-order valence-corrected chi connectivity index (χ4v) is 2.16. The summed E-state index contributed by atoms with van der Waals surface area (Å²) in [5.74, 6) is -1.21. The Kier molecular flexibility index (Phi) is 3.61. The van der Waals surface area contributed by atoms with Crippen LogP contribution in [-0.4, -0.2) is 22.7 Å². The first-order chi connectivity index (χ1) is 8.61. The van der Waals surface area contributed by atoms with E-state index in [2.05, 4.69) is 10.3 Å². The minimum absolute atomic E-state index is 0.0445. The third-order valence-corrected chi connectivity index (χ3v) is 3.10. The fraction of sp³-hybridized carbons (Fsp3) is 0.273. The Morgan fingerprint density at radius 3 is 3.11 bits per heavy atom. The van der Waals surface area contributed by atoms with Crippen LogP contribution in [0, 0.1) is 5.82 Å². The van der Waals surface area contributed by atoms with Crippen LogP contribution in [0.1, 0.15) is 13.3 Å². The second kappa shape index (κ2) is 5.18. The number of hydrogen-bond acceptors (Lipinski definition) is 5. The van der Waals surface area contributed by atoms with Crippen molar-refractivity contribution in [2.45, 2.75) is 13.3 Å². The van der Waals surface area contributed by atoms with Gasteiger partial charge in [0, 0.05) is 6.54 Å². The molecule has 18 heavy (non-hydrogen) atoms. The average molecular weight is 270 g/mol. The van der Waals surface area contributed by atoms with E-state index in [1.807, 2.05) is 6.92 Å². The molecule has 2 N–H and O–H groups in total. The molecule has 0 spiro atoms. The smallest absolute Gasteiger partial charge is 0.414 e. The van der Waals surface area contributed by atoms with Gasteiger partial charge in [-0.15, -0.1) is 0 Å². The summed E-state index contributed by atoms with van der Waals surface area (Å²) in [5, 5.41) is 11.8. The molecular weight excluding hydrogens is 259 g/mol. The number of amides is 1. The van der Waals surface area contributed by atoms with Crippen molar-refractivity contribution >= 4 is 27.6 Å². The highest BCUT2D eigenvalue weighted by molar-refractivity contribution is 7.20. The Labute approximate surface area is 106 Å². The zero-order valence-electron chi connectivity index (χ0n) is 9.57. The van der Waals surface area contributed by atoms with Crippen LogP contribution >= 0.6 is 11.3 Å². The zero-order chi connectivity index (χ0) is 13.1. The van der Waals surface area contributed by atoms with Gasteiger partial charge < -0.3 is 15.2 Å². The zero-order valence-corrected chi connectivity index (χ0v) is 10.4.